The lowest BCUT2D eigenvalue weighted by molar-refractivity contribution is 0.199. The van der Waals surface area contributed by atoms with Gasteiger partial charge in [-0.05, 0) is 23.8 Å². The van der Waals surface area contributed by atoms with Gasteiger partial charge in [0.05, 0.1) is 25.0 Å². The lowest BCUT2D eigenvalue weighted by atomic mass is 10.2. The fraction of sp³-hybridized carbons (Fsp3) is 0.385. The molecule has 1 N–H and O–H groups in total. The number of hydrogen-bond acceptors (Lipinski definition) is 4. The molecule has 0 saturated heterocycles. The molecule has 0 aliphatic rings. The van der Waals surface area contributed by atoms with Gasteiger partial charge < -0.3 is 10.1 Å². The van der Waals surface area contributed by atoms with Gasteiger partial charge in [-0.3, -0.25) is 0 Å². The van der Waals surface area contributed by atoms with Gasteiger partial charge in [-0.25, -0.2) is 4.68 Å². The summed E-state index contributed by atoms with van der Waals surface area (Å²) in [5.41, 5.74) is 1.79. The third-order valence-corrected chi connectivity index (χ3v) is 3.32. The largest absolute Gasteiger partial charge is 0.383 e. The molecule has 0 atom stereocenters. The van der Waals surface area contributed by atoms with Crippen LogP contribution in [0.4, 0.5) is 0 Å². The number of halogens is 2. The second-order valence-corrected chi connectivity index (χ2v) is 5.16. The van der Waals surface area contributed by atoms with Crippen molar-refractivity contribution >= 4 is 23.2 Å². The summed E-state index contributed by atoms with van der Waals surface area (Å²) in [5, 5.41) is 12.7. The predicted molar refractivity (Wildman–Crippen MR) is 79.2 cm³/mol. The summed E-state index contributed by atoms with van der Waals surface area (Å²) in [6.07, 6.45) is 1.89. The van der Waals surface area contributed by atoms with Crippen molar-refractivity contribution in [1.29, 1.82) is 0 Å². The summed E-state index contributed by atoms with van der Waals surface area (Å²) in [5.74, 6) is 0. The maximum Gasteiger partial charge on any atom is 0.0964 e. The Morgan fingerprint density at radius 3 is 3.00 bits per heavy atom. The highest BCUT2D eigenvalue weighted by molar-refractivity contribution is 6.33. The third kappa shape index (κ3) is 4.45. The number of nitrogens with one attached hydrogen (secondary N) is 1. The van der Waals surface area contributed by atoms with Crippen molar-refractivity contribution in [3.8, 4) is 0 Å². The Labute approximate surface area is 127 Å². The van der Waals surface area contributed by atoms with Crippen LogP contribution in [-0.2, 0) is 17.8 Å². The summed E-state index contributed by atoms with van der Waals surface area (Å²) in [4.78, 5) is 0. The zero-order valence-electron chi connectivity index (χ0n) is 11.1. The second kappa shape index (κ2) is 7.59. The molecule has 0 spiro atoms. The Morgan fingerprint density at radius 1 is 1.35 bits per heavy atom. The molecule has 2 rings (SSSR count). The van der Waals surface area contributed by atoms with Crippen LogP contribution < -0.4 is 5.32 Å². The van der Waals surface area contributed by atoms with E-state index in [0.29, 0.717) is 29.7 Å². The van der Waals surface area contributed by atoms with Gasteiger partial charge in [0.25, 0.3) is 0 Å². The smallest absolute Gasteiger partial charge is 0.0964 e. The molecule has 0 radical (unpaired) electrons. The Morgan fingerprint density at radius 2 is 2.20 bits per heavy atom. The minimum Gasteiger partial charge on any atom is -0.383 e. The number of methoxy groups -OCH3 is 1. The number of nitrogens with zero attached hydrogens (tertiary/aromatic N) is 3. The predicted octanol–water partition coefficient (Wildman–Crippen LogP) is 2.37. The average Bonchev–Trinajstić information content (AvgIpc) is 2.87. The molecule has 2 aromatic rings. The first-order valence-corrected chi connectivity index (χ1v) is 6.97. The second-order valence-electron chi connectivity index (χ2n) is 4.31. The van der Waals surface area contributed by atoms with Crippen LogP contribution in [0.1, 0.15) is 11.3 Å². The van der Waals surface area contributed by atoms with Crippen molar-refractivity contribution in [3.63, 3.8) is 0 Å². The average molecular weight is 315 g/mol. The number of aromatic nitrogens is 3. The van der Waals surface area contributed by atoms with Gasteiger partial charge in [-0.2, -0.15) is 0 Å². The molecule has 0 aliphatic heterocycles. The highest BCUT2D eigenvalue weighted by atomic mass is 35.5. The molecule has 1 heterocycles. The van der Waals surface area contributed by atoms with E-state index in [-0.39, 0.29) is 0 Å². The summed E-state index contributed by atoms with van der Waals surface area (Å²) in [6.45, 7) is 2.66. The number of benzene rings is 1. The Hall–Kier alpha value is -1.14. The first-order valence-electron chi connectivity index (χ1n) is 6.21. The van der Waals surface area contributed by atoms with Crippen LogP contribution in [0.2, 0.25) is 10.0 Å². The Bertz CT molecular complexity index is 559. The van der Waals surface area contributed by atoms with Gasteiger partial charge in [-0.15, -0.1) is 5.10 Å². The fourth-order valence-corrected chi connectivity index (χ4v) is 2.10. The van der Waals surface area contributed by atoms with Crippen LogP contribution in [0.15, 0.2) is 24.4 Å². The maximum absolute atomic E-state index is 6.12. The molecular weight excluding hydrogens is 299 g/mol. The van der Waals surface area contributed by atoms with E-state index in [2.05, 4.69) is 15.6 Å². The topological polar surface area (TPSA) is 52.0 Å². The van der Waals surface area contributed by atoms with E-state index in [0.717, 1.165) is 17.8 Å². The van der Waals surface area contributed by atoms with Gasteiger partial charge >= 0.3 is 0 Å². The molecule has 20 heavy (non-hydrogen) atoms. The van der Waals surface area contributed by atoms with Crippen LogP contribution in [0.3, 0.4) is 0 Å². The molecule has 5 nitrogen and oxygen atoms in total. The quantitative estimate of drug-likeness (QED) is 0.797. The van der Waals surface area contributed by atoms with Gasteiger partial charge in [0.1, 0.15) is 0 Å². The van der Waals surface area contributed by atoms with Crippen LogP contribution in [-0.4, -0.2) is 35.3 Å². The molecule has 0 aliphatic carbocycles. The lowest BCUT2D eigenvalue weighted by Crippen LogP contribution is -2.18. The summed E-state index contributed by atoms with van der Waals surface area (Å²) >= 11 is 12.1. The molecule has 0 amide bonds. The van der Waals surface area contributed by atoms with Crippen molar-refractivity contribution in [2.45, 2.75) is 13.1 Å². The highest BCUT2D eigenvalue weighted by Gasteiger charge is 2.05. The minimum atomic E-state index is 0.546. The fourth-order valence-electron chi connectivity index (χ4n) is 1.73. The van der Waals surface area contributed by atoms with Crippen molar-refractivity contribution in [3.05, 3.63) is 45.7 Å². The molecule has 0 saturated carbocycles. The molecular formula is C13H16Cl2N4O. The third-order valence-electron chi connectivity index (χ3n) is 2.72. The molecule has 7 heteroatoms. The van der Waals surface area contributed by atoms with Crippen molar-refractivity contribution in [1.82, 2.24) is 20.3 Å². The maximum atomic E-state index is 6.12. The number of rotatable bonds is 7. The summed E-state index contributed by atoms with van der Waals surface area (Å²) < 4.78 is 6.70. The van der Waals surface area contributed by atoms with E-state index in [1.165, 1.54) is 0 Å². The van der Waals surface area contributed by atoms with Crippen LogP contribution in [0.5, 0.6) is 0 Å². The SMILES string of the molecule is COCCNCc1cn(Cc2cc(Cl)ccc2Cl)nn1. The highest BCUT2D eigenvalue weighted by Crippen LogP contribution is 2.21. The molecule has 0 bridgehead atoms. The van der Waals surface area contributed by atoms with Crippen LogP contribution >= 0.6 is 23.2 Å². The van der Waals surface area contributed by atoms with Gasteiger partial charge in [0, 0.05) is 30.2 Å². The van der Waals surface area contributed by atoms with E-state index < -0.39 is 0 Å². The van der Waals surface area contributed by atoms with Gasteiger partial charge in [-0.1, -0.05) is 28.4 Å². The molecule has 108 valence electrons. The summed E-state index contributed by atoms with van der Waals surface area (Å²) in [7, 11) is 1.67. The normalized spacial score (nSPS) is 10.9. The molecule has 0 unspecified atom stereocenters. The van der Waals surface area contributed by atoms with Crippen molar-refractivity contribution < 1.29 is 4.74 Å². The number of ether oxygens (including phenoxy) is 1. The van der Waals surface area contributed by atoms with E-state index in [1.807, 2.05) is 12.3 Å². The monoisotopic (exact) mass is 314 g/mol. The zero-order valence-corrected chi connectivity index (χ0v) is 12.7. The molecule has 0 fully saturated rings. The first kappa shape index (κ1) is 15.3. The Kier molecular flexibility index (Phi) is 5.79. The summed E-state index contributed by atoms with van der Waals surface area (Å²) in [6, 6.07) is 5.38. The van der Waals surface area contributed by atoms with E-state index >= 15 is 0 Å². The first-order chi connectivity index (χ1) is 9.69. The van der Waals surface area contributed by atoms with Crippen LogP contribution in [0, 0.1) is 0 Å². The van der Waals surface area contributed by atoms with Crippen molar-refractivity contribution in [2.24, 2.45) is 0 Å². The molecule has 1 aromatic heterocycles. The van der Waals surface area contributed by atoms with Crippen molar-refractivity contribution in [2.75, 3.05) is 20.3 Å². The standard InChI is InChI=1S/C13H16Cl2N4O/c1-20-5-4-16-7-12-9-19(18-17-12)8-10-6-11(14)2-3-13(10)15/h2-3,6,9,16H,4-5,7-8H2,1H3. The van der Waals surface area contributed by atoms with Crippen LogP contribution in [0.25, 0.3) is 0 Å². The lowest BCUT2D eigenvalue weighted by Gasteiger charge is -2.04. The molecule has 1 aromatic carbocycles. The van der Waals surface area contributed by atoms with E-state index in [1.54, 1.807) is 23.9 Å². The minimum absolute atomic E-state index is 0.546. The van der Waals surface area contributed by atoms with Gasteiger partial charge in [0.15, 0.2) is 0 Å². The zero-order chi connectivity index (χ0) is 14.4. The number of hydrogen-bond donors (Lipinski definition) is 1. The van der Waals surface area contributed by atoms with Gasteiger partial charge in [0.2, 0.25) is 0 Å². The Balaban J connectivity index is 1.93. The van der Waals surface area contributed by atoms with E-state index in [4.69, 9.17) is 27.9 Å². The van der Waals surface area contributed by atoms with E-state index in [9.17, 15) is 0 Å².